The third kappa shape index (κ3) is 2.55. The van der Waals surface area contributed by atoms with E-state index in [4.69, 9.17) is 0 Å². The topological polar surface area (TPSA) is 73.7 Å². The first-order valence-electron chi connectivity index (χ1n) is 8.08. The second kappa shape index (κ2) is 5.54. The lowest BCUT2D eigenvalue weighted by atomic mass is 9.68. The molecule has 2 heterocycles. The molecule has 1 saturated carbocycles. The fourth-order valence-electron chi connectivity index (χ4n) is 3.68. The number of aliphatic hydroxyl groups is 2. The van der Waals surface area contributed by atoms with Crippen molar-refractivity contribution in [2.24, 2.45) is 5.41 Å². The third-order valence-electron chi connectivity index (χ3n) is 5.28. The van der Waals surface area contributed by atoms with Crippen LogP contribution in [0.3, 0.4) is 0 Å². The number of fused-ring (bicyclic) bond motifs is 1. The Hall–Kier alpha value is -1.50. The van der Waals surface area contributed by atoms with Gasteiger partial charge in [-0.1, -0.05) is 18.6 Å². The van der Waals surface area contributed by atoms with Gasteiger partial charge in [0.1, 0.15) is 11.1 Å². The molecule has 2 aliphatic rings. The predicted octanol–water partition coefficient (Wildman–Crippen LogP) is 2.09. The van der Waals surface area contributed by atoms with Crippen LogP contribution in [0.15, 0.2) is 24.3 Å². The van der Waals surface area contributed by atoms with Gasteiger partial charge in [0.2, 0.25) is 0 Å². The molecule has 1 saturated heterocycles. The van der Waals surface area contributed by atoms with Crippen LogP contribution in [0, 0.1) is 5.41 Å². The van der Waals surface area contributed by atoms with Gasteiger partial charge in [-0.3, -0.25) is 4.79 Å². The molecule has 1 aromatic carbocycles. The minimum Gasteiger partial charge on any atom is -0.383 e. The molecule has 23 heavy (non-hydrogen) atoms. The predicted molar refractivity (Wildman–Crippen MR) is 88.1 cm³/mol. The van der Waals surface area contributed by atoms with E-state index in [9.17, 15) is 15.0 Å². The highest BCUT2D eigenvalue weighted by molar-refractivity contribution is 7.18. The third-order valence-corrected chi connectivity index (χ3v) is 6.39. The Kier molecular flexibility index (Phi) is 3.63. The molecule has 1 spiro atoms. The average molecular weight is 332 g/mol. The van der Waals surface area contributed by atoms with E-state index in [1.54, 1.807) is 4.90 Å². The highest BCUT2D eigenvalue weighted by atomic mass is 32.1. The van der Waals surface area contributed by atoms with Crippen molar-refractivity contribution >= 4 is 27.5 Å². The van der Waals surface area contributed by atoms with E-state index in [1.807, 2.05) is 24.3 Å². The van der Waals surface area contributed by atoms with Crippen LogP contribution in [0.5, 0.6) is 0 Å². The number of hydrogen-bond acceptors (Lipinski definition) is 5. The van der Waals surface area contributed by atoms with Crippen LogP contribution in [0.2, 0.25) is 0 Å². The summed E-state index contributed by atoms with van der Waals surface area (Å²) in [6.07, 6.45) is 1.89. The molecule has 0 radical (unpaired) electrons. The van der Waals surface area contributed by atoms with Gasteiger partial charge in [-0.2, -0.15) is 0 Å². The standard InChI is InChI=1S/C17H20N2O3S/c20-13(15-18-11-4-1-2-5-12(11)23-15)14(21)16(22)19-9-8-17(10-19)6-3-7-17/h1-2,4-5,13-14,20-21H,3,6-10H2/t13-,14-/m1/s1. The number of carbonyl (C=O) groups excluding carboxylic acids is 1. The molecule has 1 aromatic heterocycles. The second-order valence-electron chi connectivity index (χ2n) is 6.77. The Labute approximate surface area is 138 Å². The number of likely N-dealkylation sites (tertiary alicyclic amines) is 1. The molecule has 2 aromatic rings. The Morgan fingerprint density at radius 2 is 2.04 bits per heavy atom. The number of rotatable bonds is 3. The van der Waals surface area contributed by atoms with Gasteiger partial charge in [0.15, 0.2) is 6.10 Å². The Morgan fingerprint density at radius 3 is 2.70 bits per heavy atom. The molecule has 122 valence electrons. The molecule has 2 fully saturated rings. The Balaban J connectivity index is 1.49. The number of benzene rings is 1. The quantitative estimate of drug-likeness (QED) is 0.903. The van der Waals surface area contributed by atoms with Crippen LogP contribution < -0.4 is 0 Å². The summed E-state index contributed by atoms with van der Waals surface area (Å²) in [5.41, 5.74) is 1.07. The maximum absolute atomic E-state index is 12.5. The van der Waals surface area contributed by atoms with Crippen LogP contribution in [0.25, 0.3) is 10.2 Å². The largest absolute Gasteiger partial charge is 0.383 e. The van der Waals surface area contributed by atoms with E-state index in [2.05, 4.69) is 4.98 Å². The molecule has 2 N–H and O–H groups in total. The molecule has 6 heteroatoms. The smallest absolute Gasteiger partial charge is 0.254 e. The lowest BCUT2D eigenvalue weighted by molar-refractivity contribution is -0.146. The van der Waals surface area contributed by atoms with Gasteiger partial charge in [-0.15, -0.1) is 11.3 Å². The molecule has 5 nitrogen and oxygen atoms in total. The SMILES string of the molecule is O=C([C@H](O)[C@@H](O)c1nc2ccccc2s1)N1CCC2(CCC2)C1. The lowest BCUT2D eigenvalue weighted by Crippen LogP contribution is -2.43. The van der Waals surface area contributed by atoms with Gasteiger partial charge in [-0.05, 0) is 36.8 Å². The lowest BCUT2D eigenvalue weighted by Gasteiger charge is -2.38. The minimum atomic E-state index is -1.44. The number of thiazole rings is 1. The average Bonchev–Trinajstić information content (AvgIpc) is 3.16. The first-order valence-corrected chi connectivity index (χ1v) is 8.90. The number of para-hydroxylation sites is 1. The van der Waals surface area contributed by atoms with E-state index in [-0.39, 0.29) is 11.3 Å². The molecule has 0 unspecified atom stereocenters. The van der Waals surface area contributed by atoms with Crippen LogP contribution in [0.1, 0.15) is 36.8 Å². The van der Waals surface area contributed by atoms with Crippen molar-refractivity contribution in [2.75, 3.05) is 13.1 Å². The summed E-state index contributed by atoms with van der Waals surface area (Å²) < 4.78 is 0.941. The highest BCUT2D eigenvalue weighted by Crippen LogP contribution is 2.48. The van der Waals surface area contributed by atoms with Crippen LogP contribution >= 0.6 is 11.3 Å². The van der Waals surface area contributed by atoms with E-state index >= 15 is 0 Å². The number of aromatic nitrogens is 1. The normalized spacial score (nSPS) is 22.3. The Morgan fingerprint density at radius 1 is 1.26 bits per heavy atom. The van der Waals surface area contributed by atoms with Crippen molar-refractivity contribution in [1.82, 2.24) is 9.88 Å². The van der Waals surface area contributed by atoms with Crippen molar-refractivity contribution in [3.63, 3.8) is 0 Å². The summed E-state index contributed by atoms with van der Waals surface area (Å²) in [5, 5.41) is 21.1. The van der Waals surface area contributed by atoms with Crippen molar-refractivity contribution in [1.29, 1.82) is 0 Å². The van der Waals surface area contributed by atoms with Crippen molar-refractivity contribution in [3.8, 4) is 0 Å². The van der Waals surface area contributed by atoms with E-state index in [1.165, 1.54) is 30.6 Å². The number of aliphatic hydroxyl groups excluding tert-OH is 2. The molecule has 1 aliphatic heterocycles. The van der Waals surface area contributed by atoms with Crippen LogP contribution in [0.4, 0.5) is 0 Å². The number of hydrogen-bond donors (Lipinski definition) is 2. The zero-order chi connectivity index (χ0) is 16.0. The Bertz CT molecular complexity index is 707. The highest BCUT2D eigenvalue weighted by Gasteiger charge is 2.45. The zero-order valence-corrected chi connectivity index (χ0v) is 13.6. The molecule has 2 atom stereocenters. The van der Waals surface area contributed by atoms with Crippen LogP contribution in [-0.4, -0.2) is 45.2 Å². The van der Waals surface area contributed by atoms with E-state index < -0.39 is 12.2 Å². The minimum absolute atomic E-state index is 0.288. The maximum Gasteiger partial charge on any atom is 0.254 e. The van der Waals surface area contributed by atoms with Gasteiger partial charge in [0, 0.05) is 13.1 Å². The van der Waals surface area contributed by atoms with Gasteiger partial charge in [0.25, 0.3) is 5.91 Å². The summed E-state index contributed by atoms with van der Waals surface area (Å²) in [5.74, 6) is -0.375. The van der Waals surface area contributed by atoms with Gasteiger partial charge in [-0.25, -0.2) is 4.98 Å². The van der Waals surface area contributed by atoms with E-state index in [0.29, 0.717) is 11.6 Å². The molecule has 1 aliphatic carbocycles. The monoisotopic (exact) mass is 332 g/mol. The number of amides is 1. The summed E-state index contributed by atoms with van der Waals surface area (Å²) in [6, 6.07) is 7.55. The molecular weight excluding hydrogens is 312 g/mol. The molecule has 1 amide bonds. The summed E-state index contributed by atoms with van der Waals surface area (Å²) in [7, 11) is 0. The first-order chi connectivity index (χ1) is 11.1. The molecular formula is C17H20N2O3S. The molecule has 0 bridgehead atoms. The fourth-order valence-corrected chi connectivity index (χ4v) is 4.67. The van der Waals surface area contributed by atoms with Crippen LogP contribution in [-0.2, 0) is 4.79 Å². The maximum atomic E-state index is 12.5. The van der Waals surface area contributed by atoms with Crippen molar-refractivity contribution < 1.29 is 15.0 Å². The summed E-state index contributed by atoms with van der Waals surface area (Å²) >= 11 is 1.32. The summed E-state index contributed by atoms with van der Waals surface area (Å²) in [6.45, 7) is 1.40. The van der Waals surface area contributed by atoms with Gasteiger partial charge in [0.05, 0.1) is 10.2 Å². The van der Waals surface area contributed by atoms with Gasteiger partial charge < -0.3 is 15.1 Å². The van der Waals surface area contributed by atoms with Crippen molar-refractivity contribution in [3.05, 3.63) is 29.3 Å². The van der Waals surface area contributed by atoms with E-state index in [0.717, 1.165) is 23.2 Å². The first kappa shape index (κ1) is 15.1. The number of carbonyl (C=O) groups is 1. The van der Waals surface area contributed by atoms with Gasteiger partial charge >= 0.3 is 0 Å². The second-order valence-corrected chi connectivity index (χ2v) is 7.84. The molecule has 4 rings (SSSR count). The van der Waals surface area contributed by atoms with Crippen molar-refractivity contribution in [2.45, 2.75) is 37.9 Å². The summed E-state index contributed by atoms with van der Waals surface area (Å²) in [4.78, 5) is 18.5. The fraction of sp³-hybridized carbons (Fsp3) is 0.529. The zero-order valence-electron chi connectivity index (χ0n) is 12.8. The number of nitrogens with zero attached hydrogens (tertiary/aromatic N) is 2.